The Morgan fingerprint density at radius 3 is 2.29 bits per heavy atom. The van der Waals surface area contributed by atoms with E-state index in [0.717, 1.165) is 16.5 Å². The predicted molar refractivity (Wildman–Crippen MR) is 71.9 cm³/mol. The summed E-state index contributed by atoms with van der Waals surface area (Å²) in [7, 11) is 0. The molecule has 2 aromatic rings. The second-order valence-corrected chi connectivity index (χ2v) is 5.10. The molecular formula is C15H16NO. The van der Waals surface area contributed by atoms with E-state index >= 15 is 0 Å². The summed E-state index contributed by atoms with van der Waals surface area (Å²) in [5, 5.41) is 2.21. The summed E-state index contributed by atoms with van der Waals surface area (Å²) in [6.45, 7) is 6.00. The molecule has 0 N–H and O–H groups in total. The molecule has 2 aromatic carbocycles. The molecule has 0 heterocycles. The zero-order valence-electron chi connectivity index (χ0n) is 10.4. The van der Waals surface area contributed by atoms with Gasteiger partial charge in [-0.05, 0) is 32.2 Å². The third-order valence-electron chi connectivity index (χ3n) is 2.77. The Bertz CT molecular complexity index is 535. The van der Waals surface area contributed by atoms with E-state index in [2.05, 4.69) is 0 Å². The van der Waals surface area contributed by atoms with E-state index < -0.39 is 0 Å². The molecule has 87 valence electrons. The minimum Gasteiger partial charge on any atom is -0.298 e. The summed E-state index contributed by atoms with van der Waals surface area (Å²) in [4.78, 5) is 12.8. The highest BCUT2D eigenvalue weighted by atomic mass is 16.1. The zero-order valence-corrected chi connectivity index (χ0v) is 10.4. The minimum atomic E-state index is -0.272. The Morgan fingerprint density at radius 1 is 1.00 bits per heavy atom. The molecule has 2 nitrogen and oxygen atoms in total. The van der Waals surface area contributed by atoms with Crippen LogP contribution in [0.15, 0.2) is 42.5 Å². The van der Waals surface area contributed by atoms with Crippen molar-refractivity contribution < 1.29 is 4.79 Å². The van der Waals surface area contributed by atoms with Crippen LogP contribution in [0.25, 0.3) is 10.8 Å². The standard InChI is InChI=1S/C15H16NO/c1-15(2,3)16(11-17)14-10-6-8-12-7-4-5-9-13(12)14/h4-10H,1-3H3. The second-order valence-electron chi connectivity index (χ2n) is 5.10. The first kappa shape index (κ1) is 11.6. The average molecular weight is 226 g/mol. The number of nitrogens with zero attached hydrogens (tertiary/aromatic N) is 1. The van der Waals surface area contributed by atoms with Gasteiger partial charge in [-0.2, -0.15) is 0 Å². The number of benzene rings is 2. The van der Waals surface area contributed by atoms with Gasteiger partial charge in [0.2, 0.25) is 0 Å². The van der Waals surface area contributed by atoms with Gasteiger partial charge in [-0.15, -0.1) is 0 Å². The maximum absolute atomic E-state index is 11.2. The van der Waals surface area contributed by atoms with Gasteiger partial charge >= 0.3 is 6.41 Å². The Morgan fingerprint density at radius 2 is 1.65 bits per heavy atom. The van der Waals surface area contributed by atoms with Crippen molar-refractivity contribution >= 4 is 22.9 Å². The quantitative estimate of drug-likeness (QED) is 0.717. The number of rotatable bonds is 2. The molecule has 17 heavy (non-hydrogen) atoms. The molecule has 1 radical (unpaired) electrons. The highest BCUT2D eigenvalue weighted by molar-refractivity contribution is 5.99. The molecule has 0 spiro atoms. The van der Waals surface area contributed by atoms with Gasteiger partial charge in [-0.3, -0.25) is 9.69 Å². The normalized spacial score (nSPS) is 11.5. The molecule has 0 fully saturated rings. The molecule has 2 heteroatoms. The largest absolute Gasteiger partial charge is 0.317 e. The third kappa shape index (κ3) is 2.16. The number of fused-ring (bicyclic) bond motifs is 1. The van der Waals surface area contributed by atoms with Crippen LogP contribution >= 0.6 is 0 Å². The van der Waals surface area contributed by atoms with Gasteiger partial charge < -0.3 is 0 Å². The molecule has 0 unspecified atom stereocenters. The molecule has 0 saturated carbocycles. The SMILES string of the molecule is CC(C)(C)N([C]=O)c1cccc2ccccc12. The lowest BCUT2D eigenvalue weighted by molar-refractivity contribution is 0.510. The number of hydrogen-bond donors (Lipinski definition) is 0. The summed E-state index contributed by atoms with van der Waals surface area (Å²) in [6, 6.07) is 14.0. The van der Waals surface area contributed by atoms with Crippen molar-refractivity contribution in [1.82, 2.24) is 0 Å². The smallest absolute Gasteiger partial charge is 0.298 e. The van der Waals surface area contributed by atoms with Crippen molar-refractivity contribution in [2.75, 3.05) is 4.90 Å². The summed E-state index contributed by atoms with van der Waals surface area (Å²) in [5.74, 6) is 0. The van der Waals surface area contributed by atoms with E-state index in [1.165, 1.54) is 0 Å². The maximum atomic E-state index is 11.2. The molecule has 0 aromatic heterocycles. The van der Waals surface area contributed by atoms with Crippen molar-refractivity contribution in [3.8, 4) is 0 Å². The number of carbonyl (C=O) groups excluding carboxylic acids is 1. The van der Waals surface area contributed by atoms with Crippen LogP contribution in [0, 0.1) is 0 Å². The summed E-state index contributed by atoms with van der Waals surface area (Å²) in [6.07, 6.45) is 2.03. The van der Waals surface area contributed by atoms with Gasteiger partial charge in [0.25, 0.3) is 0 Å². The number of anilines is 1. The second kappa shape index (κ2) is 4.21. The van der Waals surface area contributed by atoms with Crippen LogP contribution in [0.4, 0.5) is 5.69 Å². The van der Waals surface area contributed by atoms with Crippen LogP contribution in [-0.2, 0) is 4.79 Å². The van der Waals surface area contributed by atoms with Crippen molar-refractivity contribution in [3.05, 3.63) is 42.5 Å². The first-order valence-corrected chi connectivity index (χ1v) is 5.70. The van der Waals surface area contributed by atoms with Gasteiger partial charge in [-0.1, -0.05) is 36.4 Å². The Kier molecular flexibility index (Phi) is 2.88. The minimum absolute atomic E-state index is 0.272. The molecular weight excluding hydrogens is 210 g/mol. The Hall–Kier alpha value is -1.83. The van der Waals surface area contributed by atoms with Gasteiger partial charge in [-0.25, -0.2) is 0 Å². The monoisotopic (exact) mass is 226 g/mol. The van der Waals surface area contributed by atoms with Gasteiger partial charge in [0.1, 0.15) is 0 Å². The molecule has 0 aliphatic heterocycles. The van der Waals surface area contributed by atoms with E-state index in [-0.39, 0.29) is 5.54 Å². The Balaban J connectivity index is 2.66. The molecule has 2 rings (SSSR count). The Labute approximate surface area is 102 Å². The van der Waals surface area contributed by atoms with Crippen LogP contribution in [0.1, 0.15) is 20.8 Å². The first-order valence-electron chi connectivity index (χ1n) is 5.70. The molecule has 1 amide bonds. The van der Waals surface area contributed by atoms with E-state index in [4.69, 9.17) is 0 Å². The molecule has 0 aliphatic rings. The maximum Gasteiger partial charge on any atom is 0.317 e. The van der Waals surface area contributed by atoms with Crippen molar-refractivity contribution in [2.45, 2.75) is 26.3 Å². The summed E-state index contributed by atoms with van der Waals surface area (Å²) in [5.41, 5.74) is 0.636. The summed E-state index contributed by atoms with van der Waals surface area (Å²) >= 11 is 0. The van der Waals surface area contributed by atoms with E-state index in [1.54, 1.807) is 4.90 Å². The highest BCUT2D eigenvalue weighted by Crippen LogP contribution is 2.30. The van der Waals surface area contributed by atoms with Crippen LogP contribution in [-0.4, -0.2) is 11.9 Å². The van der Waals surface area contributed by atoms with E-state index in [0.29, 0.717) is 0 Å². The van der Waals surface area contributed by atoms with Crippen LogP contribution < -0.4 is 4.90 Å². The molecule has 0 bridgehead atoms. The third-order valence-corrected chi connectivity index (χ3v) is 2.77. The fourth-order valence-electron chi connectivity index (χ4n) is 1.95. The fraction of sp³-hybridized carbons (Fsp3) is 0.267. The van der Waals surface area contributed by atoms with Crippen LogP contribution in [0.3, 0.4) is 0 Å². The van der Waals surface area contributed by atoms with Crippen LogP contribution in [0.5, 0.6) is 0 Å². The predicted octanol–water partition coefficient (Wildman–Crippen LogP) is 3.51. The highest BCUT2D eigenvalue weighted by Gasteiger charge is 2.23. The van der Waals surface area contributed by atoms with Crippen LogP contribution in [0.2, 0.25) is 0 Å². The molecule has 0 aliphatic carbocycles. The zero-order chi connectivity index (χ0) is 12.5. The van der Waals surface area contributed by atoms with Crippen molar-refractivity contribution in [3.63, 3.8) is 0 Å². The van der Waals surface area contributed by atoms with Gasteiger partial charge in [0, 0.05) is 10.9 Å². The molecule has 0 atom stereocenters. The van der Waals surface area contributed by atoms with Crippen molar-refractivity contribution in [1.29, 1.82) is 0 Å². The lowest BCUT2D eigenvalue weighted by Gasteiger charge is -2.32. The first-order chi connectivity index (χ1) is 8.04. The van der Waals surface area contributed by atoms with Gasteiger partial charge in [0.05, 0.1) is 5.69 Å². The van der Waals surface area contributed by atoms with E-state index in [1.807, 2.05) is 69.6 Å². The van der Waals surface area contributed by atoms with Gasteiger partial charge in [0.15, 0.2) is 0 Å². The topological polar surface area (TPSA) is 20.3 Å². The van der Waals surface area contributed by atoms with E-state index in [9.17, 15) is 4.79 Å². The number of amides is 1. The van der Waals surface area contributed by atoms with Crippen molar-refractivity contribution in [2.24, 2.45) is 0 Å². The average Bonchev–Trinajstić information content (AvgIpc) is 2.28. The fourth-order valence-corrected chi connectivity index (χ4v) is 1.95. The number of hydrogen-bond acceptors (Lipinski definition) is 1. The molecule has 0 saturated heterocycles. The lowest BCUT2D eigenvalue weighted by atomic mass is 10.0. The lowest BCUT2D eigenvalue weighted by Crippen LogP contribution is -2.40. The summed E-state index contributed by atoms with van der Waals surface area (Å²) < 4.78 is 0.